The summed E-state index contributed by atoms with van der Waals surface area (Å²) < 4.78 is 14.7. The molecule has 0 aromatic heterocycles. The summed E-state index contributed by atoms with van der Waals surface area (Å²) in [6, 6.07) is 13.4. The largest absolute Gasteiger partial charge is 0.347 e. The molecule has 5 nitrogen and oxygen atoms in total. The Kier molecular flexibility index (Phi) is 5.96. The van der Waals surface area contributed by atoms with Crippen LogP contribution in [-0.2, 0) is 6.54 Å². The van der Waals surface area contributed by atoms with Gasteiger partial charge in [-0.3, -0.25) is 14.7 Å². The number of fused-ring (bicyclic) bond motifs is 1. The first-order valence-electron chi connectivity index (χ1n) is 11.8. The van der Waals surface area contributed by atoms with E-state index in [-0.39, 0.29) is 11.5 Å². The molecule has 1 saturated carbocycles. The van der Waals surface area contributed by atoms with Gasteiger partial charge in [0.05, 0.1) is 5.56 Å². The van der Waals surface area contributed by atoms with Crippen molar-refractivity contribution in [2.75, 3.05) is 37.7 Å². The number of piperazine rings is 1. The predicted molar refractivity (Wildman–Crippen MR) is 126 cm³/mol. The van der Waals surface area contributed by atoms with Crippen LogP contribution < -0.4 is 4.90 Å². The van der Waals surface area contributed by atoms with Gasteiger partial charge >= 0.3 is 0 Å². The zero-order valence-corrected chi connectivity index (χ0v) is 18.7. The number of nitrogens with zero attached hydrogens (tertiary/aromatic N) is 4. The van der Waals surface area contributed by atoms with E-state index in [1.54, 1.807) is 12.1 Å². The minimum atomic E-state index is -0.440. The molecule has 1 atom stereocenters. The molecule has 0 spiro atoms. The van der Waals surface area contributed by atoms with Gasteiger partial charge in [0.15, 0.2) is 0 Å². The van der Waals surface area contributed by atoms with E-state index >= 15 is 0 Å². The highest BCUT2D eigenvalue weighted by Crippen LogP contribution is 2.31. The lowest BCUT2D eigenvalue weighted by Gasteiger charge is -2.41. The number of hydrogen-bond donors (Lipinski definition) is 0. The smallest absolute Gasteiger partial charge is 0.256 e. The molecule has 1 saturated heterocycles. The molecule has 32 heavy (non-hydrogen) atoms. The second kappa shape index (κ2) is 9.02. The van der Waals surface area contributed by atoms with Gasteiger partial charge in [-0.15, -0.1) is 0 Å². The number of para-hydroxylation sites is 1. The molecular weight excluding hydrogens is 403 g/mol. The maximum atomic E-state index is 14.7. The second-order valence-electron chi connectivity index (χ2n) is 9.28. The Hall–Kier alpha value is -2.73. The summed E-state index contributed by atoms with van der Waals surface area (Å²) in [6.07, 6.45) is 5.56. The van der Waals surface area contributed by atoms with E-state index in [2.05, 4.69) is 27.8 Å². The minimum absolute atomic E-state index is 0.182. The molecule has 3 aliphatic rings. The van der Waals surface area contributed by atoms with Crippen molar-refractivity contribution in [1.29, 1.82) is 0 Å². The number of benzene rings is 2. The zero-order valence-electron chi connectivity index (χ0n) is 18.7. The molecule has 2 aromatic rings. The highest BCUT2D eigenvalue weighted by Gasteiger charge is 2.33. The van der Waals surface area contributed by atoms with Crippen LogP contribution in [-0.4, -0.2) is 60.8 Å². The average Bonchev–Trinajstić information content (AvgIpc) is 3.64. The number of hydrogen-bond acceptors (Lipinski definition) is 4. The van der Waals surface area contributed by atoms with Gasteiger partial charge in [0.2, 0.25) is 0 Å². The summed E-state index contributed by atoms with van der Waals surface area (Å²) in [5.74, 6) is 0.208. The van der Waals surface area contributed by atoms with E-state index in [0.29, 0.717) is 32.3 Å². The molecule has 0 radical (unpaired) electrons. The third kappa shape index (κ3) is 4.42. The molecule has 6 heteroatoms. The first-order valence-corrected chi connectivity index (χ1v) is 11.8. The van der Waals surface area contributed by atoms with E-state index < -0.39 is 5.82 Å². The van der Waals surface area contributed by atoms with Crippen molar-refractivity contribution in [3.05, 3.63) is 65.0 Å². The van der Waals surface area contributed by atoms with Crippen LogP contribution in [0.5, 0.6) is 0 Å². The lowest BCUT2D eigenvalue weighted by atomic mass is 10.0. The van der Waals surface area contributed by atoms with Crippen LogP contribution in [0.4, 0.5) is 10.1 Å². The summed E-state index contributed by atoms with van der Waals surface area (Å²) in [4.78, 5) is 24.3. The number of amides is 1. The van der Waals surface area contributed by atoms with Gasteiger partial charge in [-0.25, -0.2) is 4.39 Å². The molecule has 5 rings (SSSR count). The second-order valence-corrected chi connectivity index (χ2v) is 9.28. The molecule has 0 N–H and O–H groups in total. The monoisotopic (exact) mass is 434 g/mol. The summed E-state index contributed by atoms with van der Waals surface area (Å²) >= 11 is 0. The maximum Gasteiger partial charge on any atom is 0.256 e. The molecule has 1 aliphatic carbocycles. The standard InChI is InChI=1S/C26H31FN4O/c1-2-22-17-30(12-11-29(22)15-19-7-8-19)26(32)23-13-20(9-10-24(23)27)16-31-18-28-14-21-5-3-4-6-25(21)31/h3-6,9-10,13-14,19,22H,2,7-8,11-12,15-18H2,1H3/t22-/m0/s1. The maximum absolute atomic E-state index is 14.7. The molecule has 0 unspecified atom stereocenters. The van der Waals surface area contributed by atoms with Crippen LogP contribution in [0, 0.1) is 11.7 Å². The first-order chi connectivity index (χ1) is 15.6. The lowest BCUT2D eigenvalue weighted by Crippen LogP contribution is -2.55. The molecular formula is C26H31FN4O. The fraction of sp³-hybridized carbons (Fsp3) is 0.462. The number of halogens is 1. The summed E-state index contributed by atoms with van der Waals surface area (Å²) in [5, 5.41) is 0. The van der Waals surface area contributed by atoms with Crippen molar-refractivity contribution in [3.63, 3.8) is 0 Å². The predicted octanol–water partition coefficient (Wildman–Crippen LogP) is 4.17. The Balaban J connectivity index is 1.30. The first kappa shape index (κ1) is 21.1. The van der Waals surface area contributed by atoms with Gasteiger partial charge < -0.3 is 9.80 Å². The van der Waals surface area contributed by atoms with Crippen LogP contribution in [0.2, 0.25) is 0 Å². The van der Waals surface area contributed by atoms with Crippen molar-refractivity contribution in [2.45, 2.75) is 38.8 Å². The Bertz CT molecular complexity index is 1020. The van der Waals surface area contributed by atoms with Gasteiger partial charge in [-0.1, -0.05) is 31.2 Å². The Morgan fingerprint density at radius 1 is 1.16 bits per heavy atom. The van der Waals surface area contributed by atoms with E-state index in [0.717, 1.165) is 42.2 Å². The number of carbonyl (C=O) groups excluding carboxylic acids is 1. The number of anilines is 1. The molecule has 2 heterocycles. The van der Waals surface area contributed by atoms with Crippen molar-refractivity contribution in [3.8, 4) is 0 Å². The fourth-order valence-corrected chi connectivity index (χ4v) is 4.90. The highest BCUT2D eigenvalue weighted by molar-refractivity contribution is 5.95. The minimum Gasteiger partial charge on any atom is -0.347 e. The molecule has 2 aliphatic heterocycles. The van der Waals surface area contributed by atoms with Crippen molar-refractivity contribution in [1.82, 2.24) is 9.80 Å². The van der Waals surface area contributed by atoms with Crippen LogP contribution >= 0.6 is 0 Å². The normalized spacial score (nSPS) is 21.0. The Labute approximate surface area is 189 Å². The fourth-order valence-electron chi connectivity index (χ4n) is 4.90. The third-order valence-corrected chi connectivity index (χ3v) is 6.95. The quantitative estimate of drug-likeness (QED) is 0.685. The number of aliphatic imine (C=N–C) groups is 1. The van der Waals surface area contributed by atoms with Crippen molar-refractivity contribution < 1.29 is 9.18 Å². The van der Waals surface area contributed by atoms with Crippen LogP contribution in [0.25, 0.3) is 0 Å². The number of rotatable bonds is 6. The van der Waals surface area contributed by atoms with Gasteiger partial charge in [0.1, 0.15) is 12.5 Å². The van der Waals surface area contributed by atoms with Crippen LogP contribution in [0.3, 0.4) is 0 Å². The molecule has 2 fully saturated rings. The van der Waals surface area contributed by atoms with Crippen molar-refractivity contribution in [2.24, 2.45) is 10.9 Å². The third-order valence-electron chi connectivity index (χ3n) is 6.95. The van der Waals surface area contributed by atoms with E-state index in [1.807, 2.05) is 29.3 Å². The molecule has 1 amide bonds. The lowest BCUT2D eigenvalue weighted by molar-refractivity contribution is 0.0457. The van der Waals surface area contributed by atoms with E-state index in [9.17, 15) is 9.18 Å². The van der Waals surface area contributed by atoms with Crippen LogP contribution in [0.1, 0.15) is 47.7 Å². The van der Waals surface area contributed by atoms with Crippen molar-refractivity contribution >= 4 is 17.8 Å². The Morgan fingerprint density at radius 2 is 2.00 bits per heavy atom. The Morgan fingerprint density at radius 3 is 2.81 bits per heavy atom. The van der Waals surface area contributed by atoms with Gasteiger partial charge in [-0.05, 0) is 48.9 Å². The SMILES string of the molecule is CC[C@H]1CN(C(=O)c2cc(CN3CN=Cc4ccccc43)ccc2F)CCN1CC1CC1. The summed E-state index contributed by atoms with van der Waals surface area (Å²) in [7, 11) is 0. The summed E-state index contributed by atoms with van der Waals surface area (Å²) in [5.41, 5.74) is 3.28. The average molecular weight is 435 g/mol. The number of carbonyl (C=O) groups is 1. The summed E-state index contributed by atoms with van der Waals surface area (Å²) in [6.45, 7) is 6.69. The highest BCUT2D eigenvalue weighted by atomic mass is 19.1. The zero-order chi connectivity index (χ0) is 22.1. The van der Waals surface area contributed by atoms with Gasteiger partial charge in [0.25, 0.3) is 5.91 Å². The van der Waals surface area contributed by atoms with E-state index in [4.69, 9.17) is 0 Å². The topological polar surface area (TPSA) is 39.2 Å². The molecule has 0 bridgehead atoms. The van der Waals surface area contributed by atoms with Gasteiger partial charge in [0, 0.05) is 56.2 Å². The van der Waals surface area contributed by atoms with Crippen LogP contribution in [0.15, 0.2) is 47.5 Å². The molecule has 168 valence electrons. The van der Waals surface area contributed by atoms with Gasteiger partial charge in [-0.2, -0.15) is 0 Å². The van der Waals surface area contributed by atoms with E-state index in [1.165, 1.54) is 18.9 Å². The molecule has 2 aromatic carbocycles.